The smallest absolute Gasteiger partial charge is 0.334 e. The number of hydrogen-bond acceptors (Lipinski definition) is 5. The van der Waals surface area contributed by atoms with Gasteiger partial charge in [0.05, 0.1) is 27.7 Å². The van der Waals surface area contributed by atoms with Crippen LogP contribution in [-0.4, -0.2) is 42.4 Å². The molecule has 0 spiro atoms. The monoisotopic (exact) mass is 556 g/mol. The maximum Gasteiger partial charge on any atom is 0.459 e. The fourth-order valence-corrected chi connectivity index (χ4v) is 5.21. The molecule has 0 aliphatic heterocycles. The minimum atomic E-state index is -5.81. The lowest BCUT2D eigenvalue weighted by molar-refractivity contribution is -0.292. The number of rotatable bonds is 7. The van der Waals surface area contributed by atoms with Crippen LogP contribution in [0, 0.1) is 11.3 Å². The van der Waals surface area contributed by atoms with Crippen LogP contribution in [0.2, 0.25) is 5.02 Å². The van der Waals surface area contributed by atoms with Crippen LogP contribution in [0.3, 0.4) is 0 Å². The molecule has 0 saturated heterocycles. The van der Waals surface area contributed by atoms with E-state index in [9.17, 15) is 32.0 Å². The van der Waals surface area contributed by atoms with Gasteiger partial charge in [-0.05, 0) is 43.4 Å². The Hall–Kier alpha value is -3.11. The molecule has 5 rings (SSSR count). The van der Waals surface area contributed by atoms with E-state index in [4.69, 9.17) is 11.6 Å². The van der Waals surface area contributed by atoms with Crippen molar-refractivity contribution in [3.05, 3.63) is 46.9 Å². The van der Waals surface area contributed by atoms with E-state index in [1.165, 1.54) is 36.3 Å². The van der Waals surface area contributed by atoms with Gasteiger partial charge >= 0.3 is 12.1 Å². The van der Waals surface area contributed by atoms with Crippen LogP contribution in [0.15, 0.2) is 35.5 Å². The molecule has 2 fully saturated rings. The van der Waals surface area contributed by atoms with Crippen molar-refractivity contribution in [2.75, 3.05) is 0 Å². The Morgan fingerprint density at radius 3 is 2.54 bits per heavy atom. The average molecular weight is 557 g/mol. The van der Waals surface area contributed by atoms with Crippen LogP contribution >= 0.6 is 23.4 Å². The molecule has 2 saturated carbocycles. The second-order valence-electron chi connectivity index (χ2n) is 9.03. The van der Waals surface area contributed by atoms with Crippen molar-refractivity contribution in [1.29, 1.82) is 5.26 Å². The standard InChI is InChI=1S/C23H18ClF5N6OS/c1-34-20(17(37-14-3-4-14)18(33-34)22(25,26)23(27,28)29)35-10-13(9-31-35)12-2-5-16(24)15(8-12)19(36)32-21(11-30)6-7-21/h2,5,8-10,14H,3-4,6-7H2,1H3,(H,32,36). The number of carbonyl (C=O) groups excluding carboxylic acids is 1. The first-order chi connectivity index (χ1) is 17.3. The zero-order chi connectivity index (χ0) is 26.8. The van der Waals surface area contributed by atoms with Gasteiger partial charge in [0.25, 0.3) is 5.91 Å². The van der Waals surface area contributed by atoms with E-state index in [-0.39, 0.29) is 26.5 Å². The van der Waals surface area contributed by atoms with Gasteiger partial charge in [-0.2, -0.15) is 37.4 Å². The molecule has 1 N–H and O–H groups in total. The van der Waals surface area contributed by atoms with Crippen molar-refractivity contribution in [2.45, 2.75) is 53.5 Å². The van der Waals surface area contributed by atoms with Gasteiger partial charge in [0, 0.05) is 24.1 Å². The summed E-state index contributed by atoms with van der Waals surface area (Å²) >= 11 is 7.14. The predicted octanol–water partition coefficient (Wildman–Crippen LogP) is 5.62. The third kappa shape index (κ3) is 4.68. The van der Waals surface area contributed by atoms with E-state index in [1.807, 2.05) is 0 Å². The summed E-state index contributed by atoms with van der Waals surface area (Å²) in [6.07, 6.45) is -0.486. The number of carbonyl (C=O) groups is 1. The van der Waals surface area contributed by atoms with Gasteiger partial charge in [0.1, 0.15) is 5.54 Å². The van der Waals surface area contributed by atoms with E-state index in [0.29, 0.717) is 36.8 Å². The number of aromatic nitrogens is 4. The van der Waals surface area contributed by atoms with Crippen LogP contribution in [-0.2, 0) is 13.0 Å². The summed E-state index contributed by atoms with van der Waals surface area (Å²) in [6, 6.07) is 6.68. The molecule has 0 unspecified atom stereocenters. The number of thioether (sulfide) groups is 1. The Bertz CT molecular complexity index is 1430. The first kappa shape index (κ1) is 25.5. The number of alkyl halides is 5. The van der Waals surface area contributed by atoms with Crippen molar-refractivity contribution in [3.63, 3.8) is 0 Å². The first-order valence-electron chi connectivity index (χ1n) is 11.1. The molecule has 7 nitrogen and oxygen atoms in total. The van der Waals surface area contributed by atoms with Gasteiger partial charge in [-0.1, -0.05) is 17.7 Å². The van der Waals surface area contributed by atoms with Gasteiger partial charge in [-0.3, -0.25) is 4.79 Å². The zero-order valence-corrected chi connectivity index (χ0v) is 20.7. The minimum Gasteiger partial charge on any atom is -0.334 e. The third-order valence-electron chi connectivity index (χ3n) is 6.10. The lowest BCUT2D eigenvalue weighted by Crippen LogP contribution is -2.35. The normalized spacial score (nSPS) is 16.9. The highest BCUT2D eigenvalue weighted by Gasteiger charge is 2.62. The number of aryl methyl sites for hydroxylation is 1. The summed E-state index contributed by atoms with van der Waals surface area (Å²) in [5.41, 5.74) is -1.16. The Morgan fingerprint density at radius 2 is 1.95 bits per heavy atom. The summed E-state index contributed by atoms with van der Waals surface area (Å²) in [5.74, 6) is -5.69. The molecule has 0 atom stereocenters. The number of nitriles is 1. The van der Waals surface area contributed by atoms with Gasteiger partial charge in [0.2, 0.25) is 0 Å². The second kappa shape index (κ2) is 8.73. The largest absolute Gasteiger partial charge is 0.459 e. The molecule has 0 radical (unpaired) electrons. The highest BCUT2D eigenvalue weighted by molar-refractivity contribution is 8.00. The summed E-state index contributed by atoms with van der Waals surface area (Å²) in [5, 5.41) is 19.7. The molecule has 194 valence electrons. The van der Waals surface area contributed by atoms with Crippen LogP contribution in [0.25, 0.3) is 16.9 Å². The lowest BCUT2D eigenvalue weighted by atomic mass is 10.1. The van der Waals surface area contributed by atoms with E-state index >= 15 is 0 Å². The number of benzene rings is 1. The number of halogens is 6. The molecule has 3 aromatic rings. The van der Waals surface area contributed by atoms with Crippen molar-refractivity contribution >= 4 is 29.3 Å². The molecule has 0 bridgehead atoms. The molecule has 14 heteroatoms. The molecule has 2 heterocycles. The maximum atomic E-state index is 14.4. The Kier molecular flexibility index (Phi) is 6.03. The zero-order valence-electron chi connectivity index (χ0n) is 19.1. The molecule has 1 amide bonds. The predicted molar refractivity (Wildman–Crippen MR) is 125 cm³/mol. The van der Waals surface area contributed by atoms with Gasteiger partial charge < -0.3 is 5.32 Å². The second-order valence-corrected chi connectivity index (χ2v) is 10.7. The Labute approximate surface area is 216 Å². The Morgan fingerprint density at radius 1 is 1.24 bits per heavy atom. The van der Waals surface area contributed by atoms with Gasteiger partial charge in [0.15, 0.2) is 11.5 Å². The number of amides is 1. The van der Waals surface area contributed by atoms with Crippen LogP contribution in [0.1, 0.15) is 41.7 Å². The molecule has 2 aromatic heterocycles. The average Bonchev–Trinajstić information content (AvgIpc) is 3.72. The fraction of sp³-hybridized carbons (Fsp3) is 0.391. The quantitative estimate of drug-likeness (QED) is 0.382. The molecular formula is C23H18ClF5N6OS. The van der Waals surface area contributed by atoms with E-state index in [1.54, 1.807) is 6.07 Å². The highest BCUT2D eigenvalue weighted by Crippen LogP contribution is 2.51. The number of nitrogens with zero attached hydrogens (tertiary/aromatic N) is 5. The molecule has 1 aromatic carbocycles. The van der Waals surface area contributed by atoms with Crippen molar-refractivity contribution < 1.29 is 26.7 Å². The van der Waals surface area contributed by atoms with Crippen molar-refractivity contribution in [3.8, 4) is 23.0 Å². The molecule has 37 heavy (non-hydrogen) atoms. The Balaban J connectivity index is 1.51. The van der Waals surface area contributed by atoms with E-state index in [0.717, 1.165) is 16.4 Å². The van der Waals surface area contributed by atoms with Crippen molar-refractivity contribution in [1.82, 2.24) is 24.9 Å². The minimum absolute atomic E-state index is 0.0290. The number of nitrogens with one attached hydrogen (secondary N) is 1. The summed E-state index contributed by atoms with van der Waals surface area (Å²) < 4.78 is 70.5. The van der Waals surface area contributed by atoms with E-state index in [2.05, 4.69) is 21.6 Å². The van der Waals surface area contributed by atoms with Crippen LogP contribution in [0.5, 0.6) is 0 Å². The highest BCUT2D eigenvalue weighted by atomic mass is 35.5. The third-order valence-corrected chi connectivity index (χ3v) is 7.84. The van der Waals surface area contributed by atoms with Gasteiger partial charge in [-0.25, -0.2) is 9.36 Å². The van der Waals surface area contributed by atoms with Crippen LogP contribution in [0.4, 0.5) is 22.0 Å². The van der Waals surface area contributed by atoms with Crippen LogP contribution < -0.4 is 5.32 Å². The first-order valence-corrected chi connectivity index (χ1v) is 12.4. The maximum absolute atomic E-state index is 14.4. The lowest BCUT2D eigenvalue weighted by Gasteiger charge is -2.18. The topological polar surface area (TPSA) is 88.5 Å². The van der Waals surface area contributed by atoms with E-state index < -0.39 is 29.2 Å². The molecular weight excluding hydrogens is 539 g/mol. The molecule has 2 aliphatic rings. The SMILES string of the molecule is Cn1nc(C(F)(F)C(F)(F)F)c(SC2CC2)c1-n1cc(-c2ccc(Cl)c(C(=O)NC3(C#N)CC3)c2)cn1. The number of hydrogen-bond donors (Lipinski definition) is 1. The fourth-order valence-electron chi connectivity index (χ4n) is 3.69. The van der Waals surface area contributed by atoms with Crippen molar-refractivity contribution in [2.24, 2.45) is 7.05 Å². The summed E-state index contributed by atoms with van der Waals surface area (Å²) in [6.45, 7) is 0. The molecule has 2 aliphatic carbocycles. The van der Waals surface area contributed by atoms with Gasteiger partial charge in [-0.15, -0.1) is 11.8 Å². The summed E-state index contributed by atoms with van der Waals surface area (Å²) in [7, 11) is 1.28. The summed E-state index contributed by atoms with van der Waals surface area (Å²) in [4.78, 5) is 12.4.